The molecule has 0 radical (unpaired) electrons. The van der Waals surface area contributed by atoms with Gasteiger partial charge in [0.1, 0.15) is 5.75 Å². The summed E-state index contributed by atoms with van der Waals surface area (Å²) in [5.74, 6) is 3.40. The number of amides is 1. The number of aromatic nitrogens is 3. The lowest BCUT2D eigenvalue weighted by atomic mass is 9.53. The number of para-hydroxylation sites is 1. The first-order valence-electron chi connectivity index (χ1n) is 11.9. The summed E-state index contributed by atoms with van der Waals surface area (Å²) in [5, 5.41) is 23.4. The van der Waals surface area contributed by atoms with Crippen molar-refractivity contribution in [1.82, 2.24) is 20.1 Å². The fourth-order valence-electron chi connectivity index (χ4n) is 6.76. The molecule has 34 heavy (non-hydrogen) atoms. The fraction of sp³-hybridized carbons (Fsp3) is 0.423. The second kappa shape index (κ2) is 8.72. The molecule has 1 amide bonds. The maximum absolute atomic E-state index is 13.1. The van der Waals surface area contributed by atoms with Crippen molar-refractivity contribution in [2.45, 2.75) is 49.2 Å². The van der Waals surface area contributed by atoms with Crippen LogP contribution in [0.2, 0.25) is 0 Å². The monoisotopic (exact) mass is 538 g/mol. The molecule has 7 rings (SSSR count). The van der Waals surface area contributed by atoms with Gasteiger partial charge in [0.15, 0.2) is 11.0 Å². The normalized spacial score (nSPS) is 27.1. The number of hydrogen-bond acceptors (Lipinski definition) is 5. The van der Waals surface area contributed by atoms with Gasteiger partial charge in [0.2, 0.25) is 5.91 Å². The number of phenolic OH excluding ortho intramolecular Hbond substituents is 1. The van der Waals surface area contributed by atoms with E-state index in [0.29, 0.717) is 16.5 Å². The summed E-state index contributed by atoms with van der Waals surface area (Å²) in [6, 6.07) is 15.1. The van der Waals surface area contributed by atoms with Crippen molar-refractivity contribution in [1.29, 1.82) is 0 Å². The van der Waals surface area contributed by atoms with Gasteiger partial charge < -0.3 is 10.4 Å². The molecule has 8 heteroatoms. The maximum Gasteiger partial charge on any atom is 0.230 e. The molecule has 0 atom stereocenters. The first kappa shape index (κ1) is 22.2. The summed E-state index contributed by atoms with van der Waals surface area (Å²) in [4.78, 5) is 13.1. The Morgan fingerprint density at radius 3 is 2.41 bits per heavy atom. The van der Waals surface area contributed by atoms with Gasteiger partial charge in [-0.15, -0.1) is 10.2 Å². The van der Waals surface area contributed by atoms with E-state index in [9.17, 15) is 9.90 Å². The fourth-order valence-corrected chi connectivity index (χ4v) is 7.87. The zero-order valence-corrected chi connectivity index (χ0v) is 21.2. The number of phenols is 1. The summed E-state index contributed by atoms with van der Waals surface area (Å²) < 4.78 is 2.75. The minimum Gasteiger partial charge on any atom is -0.507 e. The van der Waals surface area contributed by atoms with E-state index in [2.05, 4.69) is 31.4 Å². The van der Waals surface area contributed by atoms with Crippen molar-refractivity contribution in [3.05, 3.63) is 53.0 Å². The molecular formula is C26H27BrN4O2S. The lowest BCUT2D eigenvalue weighted by Gasteiger charge is -2.56. The molecule has 0 aliphatic heterocycles. The van der Waals surface area contributed by atoms with Crippen LogP contribution in [0.4, 0.5) is 0 Å². The highest BCUT2D eigenvalue weighted by Crippen LogP contribution is 2.55. The summed E-state index contributed by atoms with van der Waals surface area (Å²) in [6.07, 6.45) is 7.49. The lowest BCUT2D eigenvalue weighted by molar-refractivity contribution is -0.124. The molecule has 2 aromatic carbocycles. The largest absolute Gasteiger partial charge is 0.507 e. The van der Waals surface area contributed by atoms with Gasteiger partial charge in [-0.05, 0) is 86.6 Å². The standard InChI is InChI=1S/C26H27BrN4O2S/c27-19-6-7-22(32)21(11-19)24-29-30-25(31(24)20-4-2-1-3-5-20)34-15-23(33)28-26-12-16-8-17(13-26)10-18(9-16)14-26/h1-7,11,16-18,32H,8-10,12-15H2,(H,28,33). The van der Waals surface area contributed by atoms with E-state index in [1.807, 2.05) is 41.0 Å². The highest BCUT2D eigenvalue weighted by molar-refractivity contribution is 9.10. The van der Waals surface area contributed by atoms with Crippen LogP contribution in [0.1, 0.15) is 38.5 Å². The Balaban J connectivity index is 1.24. The Morgan fingerprint density at radius 1 is 1.06 bits per heavy atom. The SMILES string of the molecule is O=C(CSc1nnc(-c2cc(Br)ccc2O)n1-c1ccccc1)NC12CC3CC(CC(C3)C1)C2. The predicted octanol–water partition coefficient (Wildman–Crippen LogP) is 5.58. The Bertz CT molecular complexity index is 1190. The van der Waals surface area contributed by atoms with Crippen molar-refractivity contribution in [3.63, 3.8) is 0 Å². The number of benzene rings is 2. The minimum absolute atomic E-state index is 0.00671. The second-order valence-corrected chi connectivity index (χ2v) is 12.0. The van der Waals surface area contributed by atoms with Crippen LogP contribution in [-0.4, -0.2) is 37.1 Å². The van der Waals surface area contributed by atoms with Crippen LogP contribution in [0.25, 0.3) is 17.1 Å². The van der Waals surface area contributed by atoms with Crippen molar-refractivity contribution in [2.75, 3.05) is 5.75 Å². The van der Waals surface area contributed by atoms with E-state index in [4.69, 9.17) is 0 Å². The molecule has 0 spiro atoms. The summed E-state index contributed by atoms with van der Waals surface area (Å²) in [7, 11) is 0. The van der Waals surface area contributed by atoms with Crippen molar-refractivity contribution in [2.24, 2.45) is 17.8 Å². The number of hydrogen-bond donors (Lipinski definition) is 2. The van der Waals surface area contributed by atoms with E-state index in [1.54, 1.807) is 12.1 Å². The number of nitrogens with one attached hydrogen (secondary N) is 1. The van der Waals surface area contributed by atoms with Gasteiger partial charge in [0.05, 0.1) is 11.3 Å². The highest BCUT2D eigenvalue weighted by Gasteiger charge is 2.51. The molecule has 0 unspecified atom stereocenters. The van der Waals surface area contributed by atoms with E-state index in [1.165, 1.54) is 31.0 Å². The Morgan fingerprint density at radius 2 is 1.74 bits per heavy atom. The third-order valence-corrected chi connectivity index (χ3v) is 9.04. The molecule has 4 bridgehead atoms. The summed E-state index contributed by atoms with van der Waals surface area (Å²) in [6.45, 7) is 0. The van der Waals surface area contributed by atoms with Gasteiger partial charge >= 0.3 is 0 Å². The van der Waals surface area contributed by atoms with Crippen LogP contribution in [0.15, 0.2) is 58.2 Å². The molecular weight excluding hydrogens is 512 g/mol. The molecule has 176 valence electrons. The molecule has 4 fully saturated rings. The Labute approximate surface area is 211 Å². The van der Waals surface area contributed by atoms with E-state index < -0.39 is 0 Å². The molecule has 3 aromatic rings. The van der Waals surface area contributed by atoms with Crippen LogP contribution in [0.3, 0.4) is 0 Å². The van der Waals surface area contributed by atoms with Gasteiger partial charge in [-0.2, -0.15) is 0 Å². The van der Waals surface area contributed by atoms with Gasteiger partial charge in [0.25, 0.3) is 0 Å². The summed E-state index contributed by atoms with van der Waals surface area (Å²) >= 11 is 4.87. The number of nitrogens with zero attached hydrogens (tertiary/aromatic N) is 3. The lowest BCUT2D eigenvalue weighted by Crippen LogP contribution is -2.60. The van der Waals surface area contributed by atoms with E-state index in [-0.39, 0.29) is 22.9 Å². The molecule has 4 aliphatic rings. The molecule has 2 N–H and O–H groups in total. The van der Waals surface area contributed by atoms with Gasteiger partial charge in [0, 0.05) is 15.7 Å². The van der Waals surface area contributed by atoms with Crippen molar-refractivity contribution >= 4 is 33.6 Å². The minimum atomic E-state index is 0.00671. The smallest absolute Gasteiger partial charge is 0.230 e. The molecule has 1 aromatic heterocycles. The van der Waals surface area contributed by atoms with E-state index in [0.717, 1.165) is 47.2 Å². The van der Waals surface area contributed by atoms with Crippen molar-refractivity contribution < 1.29 is 9.90 Å². The number of aromatic hydroxyl groups is 1. The number of rotatable bonds is 6. The number of carbonyl (C=O) groups excluding carboxylic acids is 1. The van der Waals surface area contributed by atoms with Gasteiger partial charge in [-0.3, -0.25) is 9.36 Å². The van der Waals surface area contributed by atoms with Gasteiger partial charge in [-0.1, -0.05) is 45.9 Å². The molecule has 4 saturated carbocycles. The Kier molecular flexibility index (Phi) is 5.68. The van der Waals surface area contributed by atoms with Crippen LogP contribution in [0, 0.1) is 17.8 Å². The first-order chi connectivity index (χ1) is 16.5. The predicted molar refractivity (Wildman–Crippen MR) is 136 cm³/mol. The average Bonchev–Trinajstić information content (AvgIpc) is 3.22. The van der Waals surface area contributed by atoms with Crippen LogP contribution in [-0.2, 0) is 4.79 Å². The van der Waals surface area contributed by atoms with E-state index >= 15 is 0 Å². The first-order valence-corrected chi connectivity index (χ1v) is 13.7. The summed E-state index contributed by atoms with van der Waals surface area (Å²) in [5.41, 5.74) is 1.47. The number of thioether (sulfide) groups is 1. The second-order valence-electron chi connectivity index (χ2n) is 10.2. The number of carbonyl (C=O) groups is 1. The van der Waals surface area contributed by atoms with Crippen molar-refractivity contribution in [3.8, 4) is 22.8 Å². The third-order valence-electron chi connectivity index (χ3n) is 7.62. The van der Waals surface area contributed by atoms with Crippen LogP contribution in [0.5, 0.6) is 5.75 Å². The molecule has 0 saturated heterocycles. The quantitative estimate of drug-likeness (QED) is 0.400. The van der Waals surface area contributed by atoms with Gasteiger partial charge in [-0.25, -0.2) is 0 Å². The Hall–Kier alpha value is -2.32. The highest BCUT2D eigenvalue weighted by atomic mass is 79.9. The zero-order valence-electron chi connectivity index (χ0n) is 18.8. The molecule has 4 aliphatic carbocycles. The van der Waals surface area contributed by atoms with Crippen LogP contribution < -0.4 is 5.32 Å². The molecule has 6 nitrogen and oxygen atoms in total. The topological polar surface area (TPSA) is 80.0 Å². The maximum atomic E-state index is 13.1. The zero-order chi connectivity index (χ0) is 23.3. The average molecular weight is 539 g/mol. The van der Waals surface area contributed by atoms with Crippen LogP contribution >= 0.6 is 27.7 Å². The number of halogens is 1. The molecule has 1 heterocycles. The third kappa shape index (κ3) is 4.15.